The summed E-state index contributed by atoms with van der Waals surface area (Å²) in [6.45, 7) is 0.654. The maximum absolute atomic E-state index is 12.6. The highest BCUT2D eigenvalue weighted by Crippen LogP contribution is 2.34. The van der Waals surface area contributed by atoms with E-state index in [4.69, 9.17) is 14.2 Å². The average Bonchev–Trinajstić information content (AvgIpc) is 2.81. The van der Waals surface area contributed by atoms with Crippen LogP contribution in [0, 0.1) is 0 Å². The number of carbonyl (C=O) groups excluding carboxylic acids is 2. The van der Waals surface area contributed by atoms with E-state index in [0.29, 0.717) is 41.6 Å². The molecule has 0 aromatic heterocycles. The Bertz CT molecular complexity index is 1080. The Hall–Kier alpha value is -4.00. The van der Waals surface area contributed by atoms with E-state index >= 15 is 0 Å². The van der Waals surface area contributed by atoms with Crippen molar-refractivity contribution in [3.63, 3.8) is 0 Å². The van der Waals surface area contributed by atoms with Crippen molar-refractivity contribution in [1.29, 1.82) is 0 Å². The third-order valence-electron chi connectivity index (χ3n) is 4.82. The van der Waals surface area contributed by atoms with Crippen LogP contribution in [-0.2, 0) is 4.79 Å². The molecule has 1 aliphatic rings. The van der Waals surface area contributed by atoms with Crippen LogP contribution in [0.4, 0.5) is 11.4 Å². The molecule has 1 aliphatic heterocycles. The third-order valence-corrected chi connectivity index (χ3v) is 4.82. The fourth-order valence-corrected chi connectivity index (χ4v) is 3.26. The lowest BCUT2D eigenvalue weighted by molar-refractivity contribution is -0.121. The molecule has 0 unspecified atom stereocenters. The fourth-order valence-electron chi connectivity index (χ4n) is 3.26. The Kier molecular flexibility index (Phi) is 6.03. The molecule has 0 bridgehead atoms. The number of rotatable bonds is 7. The topological polar surface area (TPSA) is 77.1 Å². The van der Waals surface area contributed by atoms with Gasteiger partial charge in [0.25, 0.3) is 11.8 Å². The minimum absolute atomic E-state index is 0.0339. The highest BCUT2D eigenvalue weighted by molar-refractivity contribution is 6.05. The maximum atomic E-state index is 12.6. The number of hydrogen-bond donors (Lipinski definition) is 1. The molecule has 3 aromatic carbocycles. The van der Waals surface area contributed by atoms with Gasteiger partial charge in [-0.25, -0.2) is 0 Å². The first kappa shape index (κ1) is 20.3. The van der Waals surface area contributed by atoms with Crippen LogP contribution in [-0.4, -0.2) is 38.7 Å². The second kappa shape index (κ2) is 9.21. The first-order valence-electron chi connectivity index (χ1n) is 9.84. The number of carbonyl (C=O) groups is 2. The molecule has 0 saturated carbocycles. The Balaban J connectivity index is 1.48. The van der Waals surface area contributed by atoms with Crippen LogP contribution in [0.15, 0.2) is 72.8 Å². The van der Waals surface area contributed by atoms with E-state index in [1.54, 1.807) is 54.5 Å². The molecule has 0 radical (unpaired) electrons. The molecule has 0 atom stereocenters. The van der Waals surface area contributed by atoms with Crippen LogP contribution < -0.4 is 24.4 Å². The van der Waals surface area contributed by atoms with Crippen molar-refractivity contribution in [3.05, 3.63) is 78.4 Å². The number of nitrogens with zero attached hydrogens (tertiary/aromatic N) is 1. The van der Waals surface area contributed by atoms with Crippen LogP contribution >= 0.6 is 0 Å². The van der Waals surface area contributed by atoms with Crippen LogP contribution in [0.3, 0.4) is 0 Å². The molecule has 31 heavy (non-hydrogen) atoms. The highest BCUT2D eigenvalue weighted by Gasteiger charge is 2.26. The Morgan fingerprint density at radius 1 is 1.03 bits per heavy atom. The molecule has 158 valence electrons. The second-order valence-corrected chi connectivity index (χ2v) is 6.86. The SMILES string of the molecule is COc1cccc(C(=O)Nc2ccc3c(c2)N(CCOc2ccccc2)C(=O)CO3)c1. The van der Waals surface area contributed by atoms with Gasteiger partial charge in [-0.3, -0.25) is 9.59 Å². The molecular formula is C24H22N2O5. The van der Waals surface area contributed by atoms with E-state index in [-0.39, 0.29) is 18.4 Å². The Labute approximate surface area is 180 Å². The van der Waals surface area contributed by atoms with E-state index in [9.17, 15) is 9.59 Å². The number of benzene rings is 3. The standard InChI is InChI=1S/C24H22N2O5/c1-29-20-9-5-6-17(14-20)24(28)25-18-10-11-22-21(15-18)26(23(27)16-31-22)12-13-30-19-7-3-2-4-8-19/h2-11,14-15H,12-13,16H2,1H3,(H,25,28). The van der Waals surface area contributed by atoms with Gasteiger partial charge >= 0.3 is 0 Å². The van der Waals surface area contributed by atoms with Gasteiger partial charge in [0.1, 0.15) is 23.9 Å². The lowest BCUT2D eigenvalue weighted by Crippen LogP contribution is -2.41. The number of ether oxygens (including phenoxy) is 3. The number of amides is 2. The number of methoxy groups -OCH3 is 1. The summed E-state index contributed by atoms with van der Waals surface area (Å²) in [5.41, 5.74) is 1.62. The summed E-state index contributed by atoms with van der Waals surface area (Å²) in [6.07, 6.45) is 0. The van der Waals surface area contributed by atoms with Crippen molar-refractivity contribution in [1.82, 2.24) is 0 Å². The monoisotopic (exact) mass is 418 g/mol. The van der Waals surface area contributed by atoms with Crippen molar-refractivity contribution < 1.29 is 23.8 Å². The van der Waals surface area contributed by atoms with Gasteiger partial charge in [-0.15, -0.1) is 0 Å². The number of hydrogen-bond acceptors (Lipinski definition) is 5. The van der Waals surface area contributed by atoms with Crippen LogP contribution in [0.2, 0.25) is 0 Å². The fraction of sp³-hybridized carbons (Fsp3) is 0.167. The van der Waals surface area contributed by atoms with Gasteiger partial charge in [-0.1, -0.05) is 24.3 Å². The summed E-state index contributed by atoms with van der Waals surface area (Å²) < 4.78 is 16.4. The van der Waals surface area contributed by atoms with Crippen LogP contribution in [0.1, 0.15) is 10.4 Å². The average molecular weight is 418 g/mol. The number of nitrogens with one attached hydrogen (secondary N) is 1. The summed E-state index contributed by atoms with van der Waals surface area (Å²) >= 11 is 0. The molecule has 7 nitrogen and oxygen atoms in total. The zero-order valence-corrected chi connectivity index (χ0v) is 17.0. The smallest absolute Gasteiger partial charge is 0.265 e. The number of fused-ring (bicyclic) bond motifs is 1. The van der Waals surface area contributed by atoms with Gasteiger partial charge < -0.3 is 24.4 Å². The summed E-state index contributed by atoms with van der Waals surface area (Å²) in [7, 11) is 1.55. The Morgan fingerprint density at radius 3 is 2.65 bits per heavy atom. The van der Waals surface area contributed by atoms with Gasteiger partial charge in [-0.2, -0.15) is 0 Å². The van der Waals surface area contributed by atoms with Gasteiger partial charge in [-0.05, 0) is 48.5 Å². The third kappa shape index (κ3) is 4.78. The van der Waals surface area contributed by atoms with Gasteiger partial charge in [0.2, 0.25) is 0 Å². The van der Waals surface area contributed by atoms with Crippen molar-refractivity contribution in [2.24, 2.45) is 0 Å². The first-order valence-corrected chi connectivity index (χ1v) is 9.84. The minimum atomic E-state index is -0.277. The van der Waals surface area contributed by atoms with E-state index in [2.05, 4.69) is 5.32 Å². The zero-order valence-electron chi connectivity index (χ0n) is 17.0. The van der Waals surface area contributed by atoms with Gasteiger partial charge in [0.15, 0.2) is 6.61 Å². The molecule has 4 rings (SSSR count). The molecule has 2 amide bonds. The molecule has 1 heterocycles. The van der Waals surface area contributed by atoms with E-state index < -0.39 is 0 Å². The zero-order chi connectivity index (χ0) is 21.6. The van der Waals surface area contributed by atoms with E-state index in [1.807, 2.05) is 30.3 Å². The molecular weight excluding hydrogens is 396 g/mol. The molecule has 0 spiro atoms. The lowest BCUT2D eigenvalue weighted by atomic mass is 10.1. The quantitative estimate of drug-likeness (QED) is 0.632. The van der Waals surface area contributed by atoms with Crippen LogP contribution in [0.25, 0.3) is 0 Å². The van der Waals surface area contributed by atoms with E-state index in [0.717, 1.165) is 5.75 Å². The minimum Gasteiger partial charge on any atom is -0.497 e. The summed E-state index contributed by atoms with van der Waals surface area (Å²) in [5, 5.41) is 2.86. The van der Waals surface area contributed by atoms with Gasteiger partial charge in [0.05, 0.1) is 19.3 Å². The van der Waals surface area contributed by atoms with Crippen LogP contribution in [0.5, 0.6) is 17.2 Å². The molecule has 0 fully saturated rings. The van der Waals surface area contributed by atoms with Crippen molar-refractivity contribution in [3.8, 4) is 17.2 Å². The normalized spacial score (nSPS) is 12.5. The van der Waals surface area contributed by atoms with E-state index in [1.165, 1.54) is 0 Å². The highest BCUT2D eigenvalue weighted by atomic mass is 16.5. The molecule has 0 aliphatic carbocycles. The predicted molar refractivity (Wildman–Crippen MR) is 117 cm³/mol. The lowest BCUT2D eigenvalue weighted by Gasteiger charge is -2.29. The largest absolute Gasteiger partial charge is 0.497 e. The second-order valence-electron chi connectivity index (χ2n) is 6.86. The number of anilines is 2. The molecule has 3 aromatic rings. The van der Waals surface area contributed by atoms with Gasteiger partial charge in [0, 0.05) is 11.3 Å². The maximum Gasteiger partial charge on any atom is 0.265 e. The predicted octanol–water partition coefficient (Wildman–Crippen LogP) is 3.75. The van der Waals surface area contributed by atoms with Crippen molar-refractivity contribution in [2.45, 2.75) is 0 Å². The molecule has 7 heteroatoms. The Morgan fingerprint density at radius 2 is 1.84 bits per heavy atom. The summed E-state index contributed by atoms with van der Waals surface area (Å²) in [4.78, 5) is 26.7. The molecule has 1 N–H and O–H groups in total. The van der Waals surface area contributed by atoms with Crippen molar-refractivity contribution in [2.75, 3.05) is 37.1 Å². The van der Waals surface area contributed by atoms with Crippen molar-refractivity contribution >= 4 is 23.2 Å². The first-order chi connectivity index (χ1) is 15.1. The molecule has 0 saturated heterocycles. The summed E-state index contributed by atoms with van der Waals surface area (Å²) in [6, 6.07) is 21.5. The number of para-hydroxylation sites is 1. The summed E-state index contributed by atoms with van der Waals surface area (Å²) in [5.74, 6) is 1.48.